The van der Waals surface area contributed by atoms with Crippen molar-refractivity contribution < 1.29 is 0 Å². The topological polar surface area (TPSA) is 34.3 Å². The monoisotopic (exact) mass is 214 g/mol. The summed E-state index contributed by atoms with van der Waals surface area (Å²) in [6.45, 7) is 0.802. The summed E-state index contributed by atoms with van der Waals surface area (Å²) in [6.07, 6.45) is 2.09. The third kappa shape index (κ3) is 1.17. The molecule has 0 amide bonds. The molecule has 4 heteroatoms. The molecule has 0 radical (unpaired) electrons. The fraction of sp³-hybridized carbons (Fsp3) is 0.250. The van der Waals surface area contributed by atoms with E-state index in [-0.39, 0.29) is 0 Å². The zero-order chi connectivity index (χ0) is 11.1. The van der Waals surface area contributed by atoms with E-state index in [1.165, 1.54) is 11.0 Å². The van der Waals surface area contributed by atoms with Gasteiger partial charge in [0.1, 0.15) is 0 Å². The van der Waals surface area contributed by atoms with Crippen LogP contribution in [0.3, 0.4) is 0 Å². The molecule has 0 saturated carbocycles. The molecule has 0 fully saturated rings. The van der Waals surface area contributed by atoms with Gasteiger partial charge in [0, 0.05) is 19.8 Å². The molecule has 0 aliphatic rings. The van der Waals surface area contributed by atoms with Crippen LogP contribution in [-0.2, 0) is 13.6 Å². The van der Waals surface area contributed by atoms with Gasteiger partial charge in [-0.2, -0.15) is 0 Å². The lowest BCUT2D eigenvalue weighted by Crippen LogP contribution is -2.05. The molecule has 0 aliphatic carbocycles. The predicted octanol–water partition coefficient (Wildman–Crippen LogP) is 1.55. The van der Waals surface area contributed by atoms with Gasteiger partial charge < -0.3 is 9.88 Å². The maximum absolute atomic E-state index is 4.60. The molecule has 0 saturated heterocycles. The largest absolute Gasteiger partial charge is 0.314 e. The van der Waals surface area contributed by atoms with Crippen molar-refractivity contribution in [2.24, 2.45) is 7.05 Å². The van der Waals surface area contributed by atoms with E-state index in [1.54, 1.807) is 0 Å². The Morgan fingerprint density at radius 3 is 2.75 bits per heavy atom. The van der Waals surface area contributed by atoms with Crippen LogP contribution in [0.1, 0.15) is 5.69 Å². The van der Waals surface area contributed by atoms with Gasteiger partial charge in [-0.3, -0.25) is 4.40 Å². The summed E-state index contributed by atoms with van der Waals surface area (Å²) >= 11 is 0. The fourth-order valence-corrected chi connectivity index (χ4v) is 2.16. The second-order valence-electron chi connectivity index (χ2n) is 3.98. The second-order valence-corrected chi connectivity index (χ2v) is 3.98. The smallest absolute Gasteiger partial charge is 0.214 e. The maximum Gasteiger partial charge on any atom is 0.214 e. The van der Waals surface area contributed by atoms with E-state index in [9.17, 15) is 0 Å². The van der Waals surface area contributed by atoms with E-state index in [0.29, 0.717) is 0 Å². The standard InChI is InChI=1S/C12H14N4/c1-13-7-9-8-16-11-6-4-3-5-10(11)15(2)12(16)14-9/h3-6,8,13H,7H2,1-2H3. The van der Waals surface area contributed by atoms with Gasteiger partial charge in [-0.25, -0.2) is 4.98 Å². The van der Waals surface area contributed by atoms with Gasteiger partial charge in [-0.15, -0.1) is 0 Å². The van der Waals surface area contributed by atoms with E-state index < -0.39 is 0 Å². The number of imidazole rings is 2. The number of hydrogen-bond donors (Lipinski definition) is 1. The van der Waals surface area contributed by atoms with E-state index in [2.05, 4.69) is 49.7 Å². The Hall–Kier alpha value is -1.81. The predicted molar refractivity (Wildman–Crippen MR) is 64.4 cm³/mol. The van der Waals surface area contributed by atoms with Gasteiger partial charge in [0.15, 0.2) is 0 Å². The molecule has 0 bridgehead atoms. The van der Waals surface area contributed by atoms with Crippen molar-refractivity contribution in [3.05, 3.63) is 36.2 Å². The quantitative estimate of drug-likeness (QED) is 0.702. The van der Waals surface area contributed by atoms with Crippen LogP contribution >= 0.6 is 0 Å². The van der Waals surface area contributed by atoms with E-state index >= 15 is 0 Å². The number of para-hydroxylation sites is 2. The number of nitrogens with one attached hydrogen (secondary N) is 1. The lowest BCUT2D eigenvalue weighted by Gasteiger charge is -1.95. The summed E-state index contributed by atoms with van der Waals surface area (Å²) in [6, 6.07) is 8.34. The average molecular weight is 214 g/mol. The average Bonchev–Trinajstić information content (AvgIpc) is 2.81. The molecular formula is C12H14N4. The van der Waals surface area contributed by atoms with Gasteiger partial charge in [-0.05, 0) is 19.2 Å². The Labute approximate surface area is 93.5 Å². The highest BCUT2D eigenvalue weighted by molar-refractivity contribution is 5.80. The molecule has 3 aromatic rings. The van der Waals surface area contributed by atoms with Crippen molar-refractivity contribution >= 4 is 16.8 Å². The first-order valence-electron chi connectivity index (χ1n) is 5.37. The van der Waals surface area contributed by atoms with Crippen LogP contribution in [0.5, 0.6) is 0 Å². The molecule has 0 unspecified atom stereocenters. The second kappa shape index (κ2) is 3.35. The summed E-state index contributed by atoms with van der Waals surface area (Å²) in [7, 11) is 3.98. The minimum absolute atomic E-state index is 0.802. The highest BCUT2D eigenvalue weighted by atomic mass is 15.2. The third-order valence-electron chi connectivity index (χ3n) is 2.90. The first-order valence-corrected chi connectivity index (χ1v) is 5.37. The number of rotatable bonds is 2. The van der Waals surface area contributed by atoms with Crippen molar-refractivity contribution in [1.29, 1.82) is 0 Å². The Morgan fingerprint density at radius 2 is 2.00 bits per heavy atom. The van der Waals surface area contributed by atoms with Crippen molar-refractivity contribution in [2.45, 2.75) is 6.54 Å². The molecule has 1 N–H and O–H groups in total. The Kier molecular flexibility index (Phi) is 1.97. The molecule has 2 aromatic heterocycles. The van der Waals surface area contributed by atoms with Gasteiger partial charge in [-0.1, -0.05) is 12.1 Å². The number of nitrogens with zero attached hydrogens (tertiary/aromatic N) is 3. The Morgan fingerprint density at radius 1 is 1.25 bits per heavy atom. The number of aromatic nitrogens is 3. The number of benzene rings is 1. The Bertz CT molecular complexity index is 647. The minimum Gasteiger partial charge on any atom is -0.314 e. The van der Waals surface area contributed by atoms with Crippen LogP contribution in [0.4, 0.5) is 0 Å². The first kappa shape index (κ1) is 9.42. The third-order valence-corrected chi connectivity index (χ3v) is 2.90. The van der Waals surface area contributed by atoms with Gasteiger partial charge in [0.05, 0.1) is 16.7 Å². The first-order chi connectivity index (χ1) is 7.81. The highest BCUT2D eigenvalue weighted by Crippen LogP contribution is 2.19. The molecule has 82 valence electrons. The molecule has 4 nitrogen and oxygen atoms in total. The molecule has 16 heavy (non-hydrogen) atoms. The van der Waals surface area contributed by atoms with Crippen LogP contribution in [0.25, 0.3) is 16.8 Å². The van der Waals surface area contributed by atoms with Crippen molar-refractivity contribution in [3.8, 4) is 0 Å². The zero-order valence-corrected chi connectivity index (χ0v) is 9.44. The van der Waals surface area contributed by atoms with Crippen LogP contribution in [-0.4, -0.2) is 21.0 Å². The molecular weight excluding hydrogens is 200 g/mol. The number of fused-ring (bicyclic) bond motifs is 3. The zero-order valence-electron chi connectivity index (χ0n) is 9.44. The van der Waals surface area contributed by atoms with E-state index in [1.807, 2.05) is 14.1 Å². The normalized spacial score (nSPS) is 11.6. The molecule has 0 atom stereocenters. The lowest BCUT2D eigenvalue weighted by molar-refractivity contribution is 0.796. The summed E-state index contributed by atoms with van der Waals surface area (Å²) in [5.74, 6) is 0.992. The molecule has 2 heterocycles. The fourth-order valence-electron chi connectivity index (χ4n) is 2.16. The SMILES string of the molecule is CNCc1cn2c3ccccc3n(C)c2n1. The van der Waals surface area contributed by atoms with E-state index in [0.717, 1.165) is 18.0 Å². The Balaban J connectivity index is 2.35. The molecule has 0 spiro atoms. The highest BCUT2D eigenvalue weighted by Gasteiger charge is 2.09. The molecule has 0 aliphatic heterocycles. The molecule has 3 rings (SSSR count). The number of aryl methyl sites for hydroxylation is 1. The summed E-state index contributed by atoms with van der Waals surface area (Å²) in [5, 5.41) is 3.12. The molecule has 1 aromatic carbocycles. The number of hydrogen-bond acceptors (Lipinski definition) is 2. The van der Waals surface area contributed by atoms with Crippen molar-refractivity contribution in [3.63, 3.8) is 0 Å². The van der Waals surface area contributed by atoms with Crippen LogP contribution in [0.2, 0.25) is 0 Å². The lowest BCUT2D eigenvalue weighted by atomic mass is 10.3. The van der Waals surface area contributed by atoms with Gasteiger partial charge in [0.2, 0.25) is 5.78 Å². The van der Waals surface area contributed by atoms with E-state index in [4.69, 9.17) is 0 Å². The summed E-state index contributed by atoms with van der Waals surface area (Å²) < 4.78 is 4.26. The van der Waals surface area contributed by atoms with Gasteiger partial charge >= 0.3 is 0 Å². The van der Waals surface area contributed by atoms with Crippen LogP contribution in [0, 0.1) is 0 Å². The van der Waals surface area contributed by atoms with Crippen molar-refractivity contribution in [1.82, 2.24) is 19.3 Å². The summed E-state index contributed by atoms with van der Waals surface area (Å²) in [4.78, 5) is 4.60. The maximum atomic E-state index is 4.60. The summed E-state index contributed by atoms with van der Waals surface area (Å²) in [5.41, 5.74) is 3.48. The minimum atomic E-state index is 0.802. The van der Waals surface area contributed by atoms with Crippen LogP contribution in [0.15, 0.2) is 30.5 Å². The van der Waals surface area contributed by atoms with Crippen LogP contribution < -0.4 is 5.32 Å². The van der Waals surface area contributed by atoms with Gasteiger partial charge in [0.25, 0.3) is 0 Å². The van der Waals surface area contributed by atoms with Crippen molar-refractivity contribution in [2.75, 3.05) is 7.05 Å².